The van der Waals surface area contributed by atoms with Crippen LogP contribution in [0.3, 0.4) is 0 Å². The van der Waals surface area contributed by atoms with Crippen LogP contribution < -0.4 is 4.90 Å². The van der Waals surface area contributed by atoms with Gasteiger partial charge in [-0.05, 0) is 112 Å². The van der Waals surface area contributed by atoms with Gasteiger partial charge in [-0.2, -0.15) is 0 Å². The maximum atomic E-state index is 2.56. The Morgan fingerprint density at radius 2 is 0.721 bits per heavy atom. The number of anilines is 3. The van der Waals surface area contributed by atoms with E-state index in [0.29, 0.717) is 0 Å². The number of nitrogens with zero attached hydrogens (tertiary/aromatic N) is 1. The Balaban J connectivity index is 1.14. The van der Waals surface area contributed by atoms with E-state index in [-0.39, 0.29) is 0 Å². The van der Waals surface area contributed by atoms with Gasteiger partial charge in [0.2, 0.25) is 0 Å². The molecule has 0 aromatic heterocycles. The van der Waals surface area contributed by atoms with Gasteiger partial charge in [0, 0.05) is 22.3 Å². The van der Waals surface area contributed by atoms with E-state index in [9.17, 15) is 0 Å². The molecule has 0 N–H and O–H groups in total. The van der Waals surface area contributed by atoms with Gasteiger partial charge in [-0.25, -0.2) is 0 Å². The Morgan fingerprint density at radius 1 is 0.265 bits per heavy atom. The Kier molecular flexibility index (Phi) is 9.47. The Labute approximate surface area is 397 Å². The summed E-state index contributed by atoms with van der Waals surface area (Å²) >= 11 is 0. The molecule has 318 valence electrons. The first-order valence-corrected chi connectivity index (χ1v) is 23.6. The predicted octanol–water partition coefficient (Wildman–Crippen LogP) is 18.0. The molecule has 13 rings (SSSR count). The summed E-state index contributed by atoms with van der Waals surface area (Å²) in [5, 5.41) is 7.30. The molecule has 1 aliphatic carbocycles. The van der Waals surface area contributed by atoms with Gasteiger partial charge in [0.05, 0.1) is 11.1 Å². The van der Waals surface area contributed by atoms with E-state index in [2.05, 4.69) is 278 Å². The number of benzene rings is 12. The highest BCUT2D eigenvalue weighted by Crippen LogP contribution is 2.58. The van der Waals surface area contributed by atoms with Crippen molar-refractivity contribution in [3.63, 3.8) is 0 Å². The van der Waals surface area contributed by atoms with Crippen LogP contribution in [0, 0.1) is 0 Å². The second kappa shape index (κ2) is 16.3. The first kappa shape index (κ1) is 39.6. The van der Waals surface area contributed by atoms with Crippen molar-refractivity contribution in [2.45, 2.75) is 5.41 Å². The summed E-state index contributed by atoms with van der Waals surface area (Å²) in [7, 11) is 0. The van der Waals surface area contributed by atoms with Crippen LogP contribution in [-0.4, -0.2) is 0 Å². The highest BCUT2D eigenvalue weighted by molar-refractivity contribution is 6.24. The summed E-state index contributed by atoms with van der Waals surface area (Å²) in [5.41, 5.74) is 17.5. The Bertz CT molecular complexity index is 3790. The fourth-order valence-electron chi connectivity index (χ4n) is 11.4. The van der Waals surface area contributed by atoms with Gasteiger partial charge >= 0.3 is 0 Å². The first-order chi connectivity index (χ1) is 33.8. The van der Waals surface area contributed by atoms with Crippen LogP contribution in [0.25, 0.3) is 76.8 Å². The van der Waals surface area contributed by atoms with E-state index in [4.69, 9.17) is 0 Å². The van der Waals surface area contributed by atoms with Gasteiger partial charge in [0.1, 0.15) is 0 Å². The zero-order valence-corrected chi connectivity index (χ0v) is 37.4. The topological polar surface area (TPSA) is 3.24 Å². The monoisotopic (exact) mass is 863 g/mol. The third kappa shape index (κ3) is 6.17. The fraction of sp³-hybridized carbons (Fsp3) is 0.0149. The SMILES string of the molecule is c1ccc(-c2ccccc2-c2ccc(N(c3ccc4c(c3)C(c3ccccc3)(c3ccccc3)c3ccccc3-4)c3c(-c4cccc5ccccc45)c4ccccc4c4ccccc34)cc2)cc1. The molecule has 0 unspecified atom stereocenters. The maximum Gasteiger partial charge on any atom is 0.0714 e. The van der Waals surface area contributed by atoms with E-state index < -0.39 is 5.41 Å². The molecule has 0 bridgehead atoms. The molecule has 1 heteroatoms. The van der Waals surface area contributed by atoms with Crippen molar-refractivity contribution < 1.29 is 0 Å². The molecule has 0 fully saturated rings. The molecule has 0 spiro atoms. The van der Waals surface area contributed by atoms with Crippen LogP contribution in [0.15, 0.2) is 273 Å². The molecular weight excluding hydrogens is 819 g/mol. The summed E-state index contributed by atoms with van der Waals surface area (Å²) in [4.78, 5) is 2.56. The summed E-state index contributed by atoms with van der Waals surface area (Å²) in [6, 6.07) is 101. The molecule has 12 aromatic rings. The quantitative estimate of drug-likeness (QED) is 0.138. The van der Waals surface area contributed by atoms with Crippen molar-refractivity contribution >= 4 is 49.4 Å². The standard InChI is InChI=1S/C67H45N/c1-4-21-46(22-5-1)53-29-12-13-30-54(53)48-39-41-51(42-40-48)68(66-62-36-17-15-33-57(62)56-32-14-16-35-61(56)65(66)60-37-20-24-47-23-10-11-31-55(47)60)52-43-44-59-58-34-18-19-38-63(58)67(64(59)45-52,49-25-6-2-7-26-49)50-27-8-3-9-28-50/h1-45H. The second-order valence-corrected chi connectivity index (χ2v) is 17.9. The van der Waals surface area contributed by atoms with Gasteiger partial charge in [-0.1, -0.05) is 249 Å². The third-order valence-corrected chi connectivity index (χ3v) is 14.3. The number of hydrogen-bond acceptors (Lipinski definition) is 1. The van der Waals surface area contributed by atoms with Crippen LogP contribution >= 0.6 is 0 Å². The summed E-state index contributed by atoms with van der Waals surface area (Å²) < 4.78 is 0. The van der Waals surface area contributed by atoms with E-state index in [1.54, 1.807) is 0 Å². The summed E-state index contributed by atoms with van der Waals surface area (Å²) in [6.07, 6.45) is 0. The molecule has 0 atom stereocenters. The van der Waals surface area contributed by atoms with Crippen LogP contribution in [-0.2, 0) is 5.41 Å². The molecule has 1 nitrogen and oxygen atoms in total. The Morgan fingerprint density at radius 3 is 1.40 bits per heavy atom. The second-order valence-electron chi connectivity index (χ2n) is 17.9. The van der Waals surface area contributed by atoms with Crippen molar-refractivity contribution in [3.05, 3.63) is 295 Å². The first-order valence-electron chi connectivity index (χ1n) is 23.6. The maximum absolute atomic E-state index is 2.56. The molecule has 12 aromatic carbocycles. The van der Waals surface area contributed by atoms with E-state index in [0.717, 1.165) is 17.1 Å². The van der Waals surface area contributed by atoms with E-state index >= 15 is 0 Å². The molecule has 0 amide bonds. The molecule has 68 heavy (non-hydrogen) atoms. The predicted molar refractivity (Wildman–Crippen MR) is 287 cm³/mol. The molecule has 1 aliphatic rings. The molecular formula is C67H45N. The number of rotatable bonds is 8. The third-order valence-electron chi connectivity index (χ3n) is 14.3. The van der Waals surface area contributed by atoms with Gasteiger partial charge < -0.3 is 4.90 Å². The summed E-state index contributed by atoms with van der Waals surface area (Å²) in [5.74, 6) is 0. The van der Waals surface area contributed by atoms with Crippen molar-refractivity contribution in [1.29, 1.82) is 0 Å². The molecule has 0 radical (unpaired) electrons. The van der Waals surface area contributed by atoms with Crippen LogP contribution in [0.2, 0.25) is 0 Å². The van der Waals surface area contributed by atoms with Crippen LogP contribution in [0.4, 0.5) is 17.1 Å². The van der Waals surface area contributed by atoms with Gasteiger partial charge in [0.15, 0.2) is 0 Å². The van der Waals surface area contributed by atoms with E-state index in [1.165, 1.54) is 99.1 Å². The Hall–Kier alpha value is -8.78. The molecule has 0 saturated heterocycles. The fourth-order valence-corrected chi connectivity index (χ4v) is 11.4. The zero-order chi connectivity index (χ0) is 45.0. The van der Waals surface area contributed by atoms with Gasteiger partial charge in [-0.15, -0.1) is 0 Å². The lowest BCUT2D eigenvalue weighted by Gasteiger charge is -2.35. The lowest BCUT2D eigenvalue weighted by atomic mass is 9.67. The smallest absolute Gasteiger partial charge is 0.0714 e. The van der Waals surface area contributed by atoms with Gasteiger partial charge in [0.25, 0.3) is 0 Å². The lowest BCUT2D eigenvalue weighted by molar-refractivity contribution is 0.768. The van der Waals surface area contributed by atoms with E-state index in [1.807, 2.05) is 0 Å². The molecule has 0 aliphatic heterocycles. The van der Waals surface area contributed by atoms with Gasteiger partial charge in [-0.3, -0.25) is 0 Å². The summed E-state index contributed by atoms with van der Waals surface area (Å²) in [6.45, 7) is 0. The minimum absolute atomic E-state index is 0.564. The normalized spacial score (nSPS) is 12.5. The highest BCUT2D eigenvalue weighted by atomic mass is 15.1. The zero-order valence-electron chi connectivity index (χ0n) is 37.4. The van der Waals surface area contributed by atoms with Crippen molar-refractivity contribution in [2.75, 3.05) is 4.90 Å². The lowest BCUT2D eigenvalue weighted by Crippen LogP contribution is -2.28. The minimum Gasteiger partial charge on any atom is -0.309 e. The van der Waals surface area contributed by atoms with Crippen molar-refractivity contribution in [1.82, 2.24) is 0 Å². The minimum atomic E-state index is -0.564. The largest absolute Gasteiger partial charge is 0.309 e. The average Bonchev–Trinajstić information content (AvgIpc) is 3.72. The van der Waals surface area contributed by atoms with Crippen LogP contribution in [0.5, 0.6) is 0 Å². The van der Waals surface area contributed by atoms with Crippen LogP contribution in [0.1, 0.15) is 22.3 Å². The molecule has 0 saturated carbocycles. The number of fused-ring (bicyclic) bond motifs is 7. The highest BCUT2D eigenvalue weighted by Gasteiger charge is 2.46. The molecule has 0 heterocycles. The van der Waals surface area contributed by atoms with Crippen molar-refractivity contribution in [2.24, 2.45) is 0 Å². The van der Waals surface area contributed by atoms with Crippen molar-refractivity contribution in [3.8, 4) is 44.5 Å². The number of hydrogen-bond donors (Lipinski definition) is 0. The average molecular weight is 864 g/mol.